The van der Waals surface area contributed by atoms with Crippen LogP contribution in [0.2, 0.25) is 0 Å². The Morgan fingerprint density at radius 1 is 1.09 bits per heavy atom. The Bertz CT molecular complexity index is 795. The molecule has 0 saturated carbocycles. The molecule has 1 aromatic heterocycles. The fourth-order valence-electron chi connectivity index (χ4n) is 1.88. The van der Waals surface area contributed by atoms with E-state index >= 15 is 0 Å². The summed E-state index contributed by atoms with van der Waals surface area (Å²) in [5.41, 5.74) is 1.40. The van der Waals surface area contributed by atoms with Crippen molar-refractivity contribution in [1.29, 1.82) is 0 Å². The van der Waals surface area contributed by atoms with Crippen LogP contribution in [-0.4, -0.2) is 21.8 Å². The normalized spacial score (nSPS) is 15.5. The van der Waals surface area contributed by atoms with Crippen molar-refractivity contribution in [2.45, 2.75) is 0 Å². The topological polar surface area (TPSA) is 94.7 Å². The summed E-state index contributed by atoms with van der Waals surface area (Å²) in [7, 11) is 0. The van der Waals surface area contributed by atoms with Crippen molar-refractivity contribution in [3.05, 3.63) is 75.7 Å². The number of non-ortho nitro benzene ring substituents is 1. The van der Waals surface area contributed by atoms with E-state index in [-0.39, 0.29) is 17.3 Å². The van der Waals surface area contributed by atoms with Gasteiger partial charge in [0.25, 0.3) is 5.69 Å². The van der Waals surface area contributed by atoms with Crippen molar-refractivity contribution in [2.75, 3.05) is 0 Å². The van der Waals surface area contributed by atoms with Crippen LogP contribution in [0, 0.1) is 10.1 Å². The van der Waals surface area contributed by atoms with Gasteiger partial charge >= 0.3 is 5.97 Å². The Kier molecular flexibility index (Phi) is 3.45. The maximum atomic E-state index is 11.8. The van der Waals surface area contributed by atoms with Crippen molar-refractivity contribution >= 4 is 23.6 Å². The second kappa shape index (κ2) is 5.57. The molecule has 0 bridgehead atoms. The van der Waals surface area contributed by atoms with Gasteiger partial charge < -0.3 is 4.74 Å². The molecule has 0 N–H and O–H groups in total. The van der Waals surface area contributed by atoms with Crippen LogP contribution in [0.25, 0.3) is 6.08 Å². The second-order valence-corrected chi connectivity index (χ2v) is 4.42. The quantitative estimate of drug-likeness (QED) is 0.375. The molecule has 0 fully saturated rings. The van der Waals surface area contributed by atoms with E-state index in [2.05, 4.69) is 9.98 Å². The highest BCUT2D eigenvalue weighted by atomic mass is 16.6. The maximum absolute atomic E-state index is 11.8. The number of benzene rings is 1. The smallest absolute Gasteiger partial charge is 0.363 e. The monoisotopic (exact) mass is 295 g/mol. The number of carbonyl (C=O) groups is 1. The van der Waals surface area contributed by atoms with Gasteiger partial charge in [-0.15, -0.1) is 0 Å². The molecule has 0 amide bonds. The highest BCUT2D eigenvalue weighted by molar-refractivity contribution is 6.12. The van der Waals surface area contributed by atoms with Crippen molar-refractivity contribution in [2.24, 2.45) is 4.99 Å². The molecule has 22 heavy (non-hydrogen) atoms. The minimum absolute atomic E-state index is 0.0405. The first kappa shape index (κ1) is 13.6. The number of nitro benzene ring substituents is 1. The fourth-order valence-corrected chi connectivity index (χ4v) is 1.88. The summed E-state index contributed by atoms with van der Waals surface area (Å²) in [5, 5.41) is 10.6. The van der Waals surface area contributed by atoms with Crippen LogP contribution in [0.1, 0.15) is 11.1 Å². The summed E-state index contributed by atoms with van der Waals surface area (Å²) in [4.78, 5) is 29.9. The predicted octanol–water partition coefficient (Wildman–Crippen LogP) is 2.33. The molecular weight excluding hydrogens is 286 g/mol. The van der Waals surface area contributed by atoms with E-state index in [0.29, 0.717) is 5.56 Å². The van der Waals surface area contributed by atoms with Crippen LogP contribution >= 0.6 is 0 Å². The lowest BCUT2D eigenvalue weighted by Crippen LogP contribution is -2.05. The molecule has 0 aliphatic carbocycles. The number of nitro groups is 1. The lowest BCUT2D eigenvalue weighted by Gasteiger charge is -1.98. The number of carbonyl (C=O) groups excluding carboxylic acids is 1. The molecular formula is C15H9N3O4. The van der Waals surface area contributed by atoms with E-state index in [1.165, 1.54) is 24.3 Å². The highest BCUT2D eigenvalue weighted by Gasteiger charge is 2.24. The number of nitrogens with zero attached hydrogens (tertiary/aromatic N) is 3. The minimum atomic E-state index is -0.565. The molecule has 0 saturated heterocycles. The third kappa shape index (κ3) is 2.73. The number of cyclic esters (lactones) is 1. The first-order valence-corrected chi connectivity index (χ1v) is 6.31. The Labute approximate surface area is 124 Å². The van der Waals surface area contributed by atoms with Crippen molar-refractivity contribution in [3.63, 3.8) is 0 Å². The van der Waals surface area contributed by atoms with Gasteiger partial charge in [0.1, 0.15) is 0 Å². The first-order chi connectivity index (χ1) is 10.6. The second-order valence-electron chi connectivity index (χ2n) is 4.42. The van der Waals surface area contributed by atoms with E-state index in [9.17, 15) is 14.9 Å². The van der Waals surface area contributed by atoms with Crippen LogP contribution in [0.4, 0.5) is 5.69 Å². The Hall–Kier alpha value is -3.35. The molecule has 1 aliphatic rings. The van der Waals surface area contributed by atoms with Gasteiger partial charge in [-0.2, -0.15) is 0 Å². The first-order valence-electron chi connectivity index (χ1n) is 6.31. The van der Waals surface area contributed by atoms with Crippen LogP contribution in [0.5, 0.6) is 0 Å². The van der Waals surface area contributed by atoms with Gasteiger partial charge in [-0.05, 0) is 35.9 Å². The van der Waals surface area contributed by atoms with Crippen LogP contribution in [0.3, 0.4) is 0 Å². The third-order valence-electron chi connectivity index (χ3n) is 2.96. The highest BCUT2D eigenvalue weighted by Crippen LogP contribution is 2.20. The Morgan fingerprint density at radius 2 is 1.77 bits per heavy atom. The van der Waals surface area contributed by atoms with Crippen LogP contribution in [-0.2, 0) is 9.53 Å². The molecule has 2 heterocycles. The number of aliphatic imine (C=N–C) groups is 1. The molecule has 1 aliphatic heterocycles. The third-order valence-corrected chi connectivity index (χ3v) is 2.96. The summed E-state index contributed by atoms with van der Waals surface area (Å²) < 4.78 is 5.09. The minimum Gasteiger partial charge on any atom is -0.402 e. The van der Waals surface area contributed by atoms with Crippen molar-refractivity contribution in [1.82, 2.24) is 4.98 Å². The Morgan fingerprint density at radius 3 is 2.41 bits per heavy atom. The summed E-state index contributed by atoms with van der Waals surface area (Å²) in [6.07, 6.45) is 4.80. The molecule has 3 rings (SSSR count). The Balaban J connectivity index is 1.90. The zero-order valence-corrected chi connectivity index (χ0v) is 11.2. The SMILES string of the molecule is O=C1OC(c2ccc([N+](=O)[O-])cc2)=N/C1=C/c1ccncc1. The van der Waals surface area contributed by atoms with Crippen molar-refractivity contribution in [3.8, 4) is 0 Å². The molecule has 7 nitrogen and oxygen atoms in total. The maximum Gasteiger partial charge on any atom is 0.363 e. The van der Waals surface area contributed by atoms with Gasteiger partial charge in [-0.3, -0.25) is 15.1 Å². The lowest BCUT2D eigenvalue weighted by molar-refractivity contribution is -0.384. The number of aromatic nitrogens is 1. The molecule has 1 aromatic carbocycles. The standard InChI is InChI=1S/C15H9N3O4/c19-15-13(9-10-5-7-16-8-6-10)17-14(22-15)11-1-3-12(4-2-11)18(20)21/h1-9H/b13-9+. The fraction of sp³-hybridized carbons (Fsp3) is 0. The van der Waals surface area contributed by atoms with Crippen LogP contribution < -0.4 is 0 Å². The van der Waals surface area contributed by atoms with E-state index in [4.69, 9.17) is 4.74 Å². The summed E-state index contributed by atoms with van der Waals surface area (Å²) >= 11 is 0. The zero-order chi connectivity index (χ0) is 15.5. The van der Waals surface area contributed by atoms with Gasteiger partial charge in [-0.25, -0.2) is 9.79 Å². The number of hydrogen-bond acceptors (Lipinski definition) is 6. The number of esters is 1. The number of hydrogen-bond donors (Lipinski definition) is 0. The molecule has 0 radical (unpaired) electrons. The number of rotatable bonds is 3. The number of pyridine rings is 1. The molecule has 0 atom stereocenters. The van der Waals surface area contributed by atoms with Gasteiger partial charge in [-0.1, -0.05) is 0 Å². The van der Waals surface area contributed by atoms with Gasteiger partial charge in [0.2, 0.25) is 5.90 Å². The largest absolute Gasteiger partial charge is 0.402 e. The molecule has 0 unspecified atom stereocenters. The van der Waals surface area contributed by atoms with E-state index < -0.39 is 10.9 Å². The van der Waals surface area contributed by atoms with E-state index in [0.717, 1.165) is 5.56 Å². The summed E-state index contributed by atoms with van der Waals surface area (Å²) in [6.45, 7) is 0. The zero-order valence-electron chi connectivity index (χ0n) is 11.2. The van der Waals surface area contributed by atoms with Gasteiger partial charge in [0, 0.05) is 30.1 Å². The lowest BCUT2D eigenvalue weighted by atomic mass is 10.2. The van der Waals surface area contributed by atoms with E-state index in [1.807, 2.05) is 0 Å². The summed E-state index contributed by atoms with van der Waals surface area (Å²) in [6, 6.07) is 9.10. The predicted molar refractivity (Wildman–Crippen MR) is 77.9 cm³/mol. The van der Waals surface area contributed by atoms with E-state index in [1.54, 1.807) is 30.6 Å². The average molecular weight is 295 g/mol. The number of ether oxygens (including phenoxy) is 1. The molecule has 108 valence electrons. The average Bonchev–Trinajstić information content (AvgIpc) is 2.89. The van der Waals surface area contributed by atoms with Crippen LogP contribution in [0.15, 0.2) is 59.5 Å². The van der Waals surface area contributed by atoms with Gasteiger partial charge in [0.05, 0.1) is 4.92 Å². The molecule has 7 heteroatoms. The van der Waals surface area contributed by atoms with Crippen molar-refractivity contribution < 1.29 is 14.5 Å². The van der Waals surface area contributed by atoms with Gasteiger partial charge in [0.15, 0.2) is 5.70 Å². The molecule has 2 aromatic rings. The summed E-state index contributed by atoms with van der Waals surface area (Å²) in [5.74, 6) is -0.439. The molecule has 0 spiro atoms.